The molecule has 118 valence electrons. The molecule has 1 aliphatic rings. The first kappa shape index (κ1) is 16.1. The SMILES string of the molecule is COc1cccc(OC)c1C(O)C(C)(C)N1CCOCC1. The third kappa shape index (κ3) is 3.15. The predicted molar refractivity (Wildman–Crippen MR) is 81.0 cm³/mol. The highest BCUT2D eigenvalue weighted by Crippen LogP contribution is 2.41. The van der Waals surface area contributed by atoms with Crippen LogP contribution in [0.15, 0.2) is 18.2 Å². The van der Waals surface area contributed by atoms with Crippen molar-refractivity contribution in [2.24, 2.45) is 0 Å². The molecule has 0 spiro atoms. The first-order valence-electron chi connectivity index (χ1n) is 7.24. The normalized spacial score (nSPS) is 18.3. The summed E-state index contributed by atoms with van der Waals surface area (Å²) < 4.78 is 16.2. The van der Waals surface area contributed by atoms with Crippen molar-refractivity contribution in [3.8, 4) is 11.5 Å². The molecule has 5 heteroatoms. The highest BCUT2D eigenvalue weighted by molar-refractivity contribution is 5.47. The number of methoxy groups -OCH3 is 2. The Morgan fingerprint density at radius 2 is 1.67 bits per heavy atom. The van der Waals surface area contributed by atoms with Crippen LogP contribution in [0.5, 0.6) is 11.5 Å². The number of nitrogens with zero attached hydrogens (tertiary/aromatic N) is 1. The van der Waals surface area contributed by atoms with Crippen LogP contribution in [0.3, 0.4) is 0 Å². The molecule has 1 unspecified atom stereocenters. The van der Waals surface area contributed by atoms with E-state index < -0.39 is 11.6 Å². The van der Waals surface area contributed by atoms with Gasteiger partial charge >= 0.3 is 0 Å². The number of hydrogen-bond acceptors (Lipinski definition) is 5. The van der Waals surface area contributed by atoms with Crippen molar-refractivity contribution < 1.29 is 19.3 Å². The molecule has 0 bridgehead atoms. The minimum Gasteiger partial charge on any atom is -0.496 e. The lowest BCUT2D eigenvalue weighted by atomic mass is 9.88. The Kier molecular flexibility index (Phi) is 5.08. The maximum absolute atomic E-state index is 11.0. The number of aliphatic hydroxyl groups is 1. The Morgan fingerprint density at radius 3 is 2.14 bits per heavy atom. The highest BCUT2D eigenvalue weighted by atomic mass is 16.5. The zero-order valence-electron chi connectivity index (χ0n) is 13.3. The van der Waals surface area contributed by atoms with E-state index in [0.29, 0.717) is 30.3 Å². The van der Waals surface area contributed by atoms with Gasteiger partial charge in [0.15, 0.2) is 0 Å². The van der Waals surface area contributed by atoms with Gasteiger partial charge in [0, 0.05) is 18.6 Å². The molecule has 0 amide bonds. The van der Waals surface area contributed by atoms with Crippen LogP contribution in [0.1, 0.15) is 25.5 Å². The van der Waals surface area contributed by atoms with Gasteiger partial charge in [-0.15, -0.1) is 0 Å². The molecule has 1 fully saturated rings. The molecule has 1 saturated heterocycles. The van der Waals surface area contributed by atoms with Crippen molar-refractivity contribution in [3.63, 3.8) is 0 Å². The number of hydrogen-bond donors (Lipinski definition) is 1. The smallest absolute Gasteiger partial charge is 0.128 e. The molecule has 0 radical (unpaired) electrons. The van der Waals surface area contributed by atoms with E-state index in [0.717, 1.165) is 13.1 Å². The molecule has 5 nitrogen and oxygen atoms in total. The van der Waals surface area contributed by atoms with Crippen molar-refractivity contribution in [1.82, 2.24) is 4.90 Å². The molecule has 0 aliphatic carbocycles. The number of ether oxygens (including phenoxy) is 3. The van der Waals surface area contributed by atoms with Gasteiger partial charge in [0.1, 0.15) is 17.6 Å². The third-order valence-electron chi connectivity index (χ3n) is 4.23. The summed E-state index contributed by atoms with van der Waals surface area (Å²) in [6, 6.07) is 5.54. The molecule has 1 aromatic carbocycles. The fraction of sp³-hybridized carbons (Fsp3) is 0.625. The van der Waals surface area contributed by atoms with Crippen LogP contribution < -0.4 is 9.47 Å². The monoisotopic (exact) mass is 295 g/mol. The highest BCUT2D eigenvalue weighted by Gasteiger charge is 2.38. The van der Waals surface area contributed by atoms with Crippen molar-refractivity contribution in [2.75, 3.05) is 40.5 Å². The second kappa shape index (κ2) is 6.64. The number of morpholine rings is 1. The predicted octanol–water partition coefficient (Wildman–Crippen LogP) is 1.85. The van der Waals surface area contributed by atoms with E-state index >= 15 is 0 Å². The Morgan fingerprint density at radius 1 is 1.14 bits per heavy atom. The van der Waals surface area contributed by atoms with Crippen LogP contribution in [0.25, 0.3) is 0 Å². The summed E-state index contributed by atoms with van der Waals surface area (Å²) in [5.74, 6) is 1.28. The molecular weight excluding hydrogens is 270 g/mol. The summed E-state index contributed by atoms with van der Waals surface area (Å²) in [5, 5.41) is 11.0. The lowest BCUT2D eigenvalue weighted by Crippen LogP contribution is -2.53. The van der Waals surface area contributed by atoms with Gasteiger partial charge in [-0.2, -0.15) is 0 Å². The van der Waals surface area contributed by atoms with Gasteiger partial charge in [-0.1, -0.05) is 6.07 Å². The van der Waals surface area contributed by atoms with Crippen LogP contribution in [-0.2, 0) is 4.74 Å². The summed E-state index contributed by atoms with van der Waals surface area (Å²) in [7, 11) is 3.21. The van der Waals surface area contributed by atoms with Gasteiger partial charge in [0.05, 0.1) is 33.0 Å². The van der Waals surface area contributed by atoms with Crippen LogP contribution in [0.4, 0.5) is 0 Å². The third-order valence-corrected chi connectivity index (χ3v) is 4.23. The molecule has 1 aliphatic heterocycles. The lowest BCUT2D eigenvalue weighted by Gasteiger charge is -2.44. The largest absolute Gasteiger partial charge is 0.496 e. The summed E-state index contributed by atoms with van der Waals surface area (Å²) in [4.78, 5) is 2.24. The Balaban J connectivity index is 2.35. The minimum atomic E-state index is -0.721. The van der Waals surface area contributed by atoms with Crippen LogP contribution in [-0.4, -0.2) is 56.1 Å². The van der Waals surface area contributed by atoms with E-state index in [-0.39, 0.29) is 0 Å². The molecule has 0 saturated carbocycles. The van der Waals surface area contributed by atoms with Gasteiger partial charge in [-0.25, -0.2) is 0 Å². The van der Waals surface area contributed by atoms with Gasteiger partial charge in [0.2, 0.25) is 0 Å². The molecule has 1 N–H and O–H groups in total. The van der Waals surface area contributed by atoms with Crippen molar-refractivity contribution >= 4 is 0 Å². The summed E-state index contributed by atoms with van der Waals surface area (Å²) in [6.45, 7) is 7.07. The maximum atomic E-state index is 11.0. The standard InChI is InChI=1S/C16H25NO4/c1-16(2,17-8-10-21-11-9-17)15(18)14-12(19-3)6-5-7-13(14)20-4/h5-7,15,18H,8-11H2,1-4H3. The summed E-state index contributed by atoms with van der Waals surface area (Å²) in [5.41, 5.74) is 0.255. The zero-order chi connectivity index (χ0) is 15.5. The second-order valence-corrected chi connectivity index (χ2v) is 5.73. The fourth-order valence-electron chi connectivity index (χ4n) is 2.82. The van der Waals surface area contributed by atoms with Gasteiger partial charge in [-0.05, 0) is 26.0 Å². The Hall–Kier alpha value is -1.30. The molecule has 1 heterocycles. The second-order valence-electron chi connectivity index (χ2n) is 5.73. The average molecular weight is 295 g/mol. The van der Waals surface area contributed by atoms with Crippen LogP contribution >= 0.6 is 0 Å². The van der Waals surface area contributed by atoms with E-state index in [4.69, 9.17) is 14.2 Å². The quantitative estimate of drug-likeness (QED) is 0.898. The molecule has 0 aromatic heterocycles. The van der Waals surface area contributed by atoms with E-state index in [1.807, 2.05) is 32.0 Å². The van der Waals surface area contributed by atoms with Crippen molar-refractivity contribution in [1.29, 1.82) is 0 Å². The fourth-order valence-corrected chi connectivity index (χ4v) is 2.82. The number of aliphatic hydroxyl groups excluding tert-OH is 1. The minimum absolute atomic E-state index is 0.439. The van der Waals surface area contributed by atoms with Crippen molar-refractivity contribution in [3.05, 3.63) is 23.8 Å². The van der Waals surface area contributed by atoms with E-state index in [9.17, 15) is 5.11 Å². The van der Waals surface area contributed by atoms with E-state index in [1.54, 1.807) is 14.2 Å². The molecule has 2 rings (SSSR count). The molecule has 1 atom stereocenters. The maximum Gasteiger partial charge on any atom is 0.128 e. The molecule has 1 aromatic rings. The van der Waals surface area contributed by atoms with Gasteiger partial charge in [0.25, 0.3) is 0 Å². The van der Waals surface area contributed by atoms with Gasteiger partial charge in [-0.3, -0.25) is 4.90 Å². The zero-order valence-corrected chi connectivity index (χ0v) is 13.3. The average Bonchev–Trinajstić information content (AvgIpc) is 2.54. The Labute approximate surface area is 126 Å². The molecule has 21 heavy (non-hydrogen) atoms. The van der Waals surface area contributed by atoms with Crippen molar-refractivity contribution in [2.45, 2.75) is 25.5 Å². The first-order valence-corrected chi connectivity index (χ1v) is 7.24. The topological polar surface area (TPSA) is 51.2 Å². The first-order chi connectivity index (χ1) is 10.0. The number of benzene rings is 1. The van der Waals surface area contributed by atoms with E-state index in [1.165, 1.54) is 0 Å². The summed E-state index contributed by atoms with van der Waals surface area (Å²) >= 11 is 0. The lowest BCUT2D eigenvalue weighted by molar-refractivity contribution is -0.0640. The summed E-state index contributed by atoms with van der Waals surface area (Å²) in [6.07, 6.45) is -0.721. The number of rotatable bonds is 5. The Bertz CT molecular complexity index is 447. The van der Waals surface area contributed by atoms with E-state index in [2.05, 4.69) is 4.90 Å². The molecular formula is C16H25NO4. The van der Waals surface area contributed by atoms with Gasteiger partial charge < -0.3 is 19.3 Å². The van der Waals surface area contributed by atoms with Crippen LogP contribution in [0, 0.1) is 0 Å². The van der Waals surface area contributed by atoms with Crippen LogP contribution in [0.2, 0.25) is 0 Å².